The molecule has 1 aromatic heterocycles. The van der Waals surface area contributed by atoms with E-state index in [-0.39, 0.29) is 5.97 Å². The standard InChI is InChI=1S/C15H19N3O2/c1-3-10-20-15(19)12-4-6-13(7-5-12)17-11-14-16-8-9-18(14)2/h4-9,17H,3,10-11H2,1-2H3. The number of anilines is 1. The maximum atomic E-state index is 11.6. The maximum Gasteiger partial charge on any atom is 0.338 e. The van der Waals surface area contributed by atoms with E-state index in [0.717, 1.165) is 17.9 Å². The van der Waals surface area contributed by atoms with Crippen molar-refractivity contribution in [3.63, 3.8) is 0 Å². The average molecular weight is 273 g/mol. The van der Waals surface area contributed by atoms with E-state index in [1.165, 1.54) is 0 Å². The summed E-state index contributed by atoms with van der Waals surface area (Å²) in [5.41, 5.74) is 1.51. The van der Waals surface area contributed by atoms with Crippen LogP contribution < -0.4 is 5.32 Å². The zero-order valence-corrected chi connectivity index (χ0v) is 11.8. The number of rotatable bonds is 6. The third-order valence-electron chi connectivity index (χ3n) is 2.93. The molecule has 0 unspecified atom stereocenters. The second-order valence-corrected chi connectivity index (χ2v) is 4.52. The highest BCUT2D eigenvalue weighted by Crippen LogP contribution is 2.11. The molecule has 0 amide bonds. The Morgan fingerprint density at radius 3 is 2.70 bits per heavy atom. The van der Waals surface area contributed by atoms with Crippen LogP contribution in [0.4, 0.5) is 5.69 Å². The molecule has 0 radical (unpaired) electrons. The van der Waals surface area contributed by atoms with Crippen LogP contribution in [0.25, 0.3) is 0 Å². The molecule has 0 bridgehead atoms. The van der Waals surface area contributed by atoms with Gasteiger partial charge in [0.05, 0.1) is 18.7 Å². The number of ether oxygens (including phenoxy) is 1. The summed E-state index contributed by atoms with van der Waals surface area (Å²) in [6.07, 6.45) is 4.50. The van der Waals surface area contributed by atoms with Gasteiger partial charge in [0.25, 0.3) is 0 Å². The number of hydrogen-bond donors (Lipinski definition) is 1. The summed E-state index contributed by atoms with van der Waals surface area (Å²) in [5.74, 6) is 0.680. The van der Waals surface area contributed by atoms with Gasteiger partial charge in [-0.25, -0.2) is 9.78 Å². The maximum absolute atomic E-state index is 11.6. The fraction of sp³-hybridized carbons (Fsp3) is 0.333. The third-order valence-corrected chi connectivity index (χ3v) is 2.93. The molecule has 0 aliphatic rings. The van der Waals surface area contributed by atoms with Crippen molar-refractivity contribution in [1.29, 1.82) is 0 Å². The van der Waals surface area contributed by atoms with Crippen LogP contribution in [-0.4, -0.2) is 22.1 Å². The summed E-state index contributed by atoms with van der Waals surface area (Å²) in [5, 5.41) is 3.26. The highest BCUT2D eigenvalue weighted by Gasteiger charge is 2.06. The van der Waals surface area contributed by atoms with Crippen molar-refractivity contribution in [2.75, 3.05) is 11.9 Å². The van der Waals surface area contributed by atoms with E-state index in [2.05, 4.69) is 10.3 Å². The van der Waals surface area contributed by atoms with E-state index in [4.69, 9.17) is 4.74 Å². The molecule has 0 saturated heterocycles. The molecule has 0 aliphatic carbocycles. The fourth-order valence-corrected chi connectivity index (χ4v) is 1.75. The van der Waals surface area contributed by atoms with Crippen LogP contribution in [0.15, 0.2) is 36.7 Å². The molecular formula is C15H19N3O2. The molecule has 1 aromatic carbocycles. The molecule has 5 heteroatoms. The van der Waals surface area contributed by atoms with Gasteiger partial charge >= 0.3 is 5.97 Å². The average Bonchev–Trinajstić information content (AvgIpc) is 2.88. The molecule has 0 fully saturated rings. The lowest BCUT2D eigenvalue weighted by Gasteiger charge is -2.07. The smallest absolute Gasteiger partial charge is 0.338 e. The minimum atomic E-state index is -0.275. The van der Waals surface area contributed by atoms with Crippen molar-refractivity contribution in [2.45, 2.75) is 19.9 Å². The molecule has 5 nitrogen and oxygen atoms in total. The highest BCUT2D eigenvalue weighted by atomic mass is 16.5. The minimum absolute atomic E-state index is 0.275. The second kappa shape index (κ2) is 6.75. The summed E-state index contributed by atoms with van der Waals surface area (Å²) in [4.78, 5) is 15.9. The molecule has 0 atom stereocenters. The number of imidazole rings is 1. The predicted octanol–water partition coefficient (Wildman–Crippen LogP) is 2.60. The molecule has 2 rings (SSSR count). The molecule has 0 spiro atoms. The first-order valence-electron chi connectivity index (χ1n) is 6.68. The Morgan fingerprint density at radius 2 is 2.10 bits per heavy atom. The van der Waals surface area contributed by atoms with Gasteiger partial charge in [-0.1, -0.05) is 6.92 Å². The number of carbonyl (C=O) groups excluding carboxylic acids is 1. The first kappa shape index (κ1) is 14.1. The topological polar surface area (TPSA) is 56.1 Å². The highest BCUT2D eigenvalue weighted by molar-refractivity contribution is 5.89. The van der Waals surface area contributed by atoms with E-state index < -0.39 is 0 Å². The van der Waals surface area contributed by atoms with Gasteiger partial charge in [0.2, 0.25) is 0 Å². The lowest BCUT2D eigenvalue weighted by Crippen LogP contribution is -2.07. The Labute approximate surface area is 118 Å². The van der Waals surface area contributed by atoms with Crippen molar-refractivity contribution >= 4 is 11.7 Å². The number of esters is 1. The van der Waals surface area contributed by atoms with Gasteiger partial charge < -0.3 is 14.6 Å². The monoisotopic (exact) mass is 273 g/mol. The van der Waals surface area contributed by atoms with E-state index >= 15 is 0 Å². The van der Waals surface area contributed by atoms with Crippen LogP contribution in [0.2, 0.25) is 0 Å². The quantitative estimate of drug-likeness (QED) is 0.822. The largest absolute Gasteiger partial charge is 0.462 e. The zero-order chi connectivity index (χ0) is 14.4. The van der Waals surface area contributed by atoms with E-state index in [1.807, 2.05) is 36.9 Å². The third kappa shape index (κ3) is 3.60. The number of nitrogens with one attached hydrogen (secondary N) is 1. The van der Waals surface area contributed by atoms with Gasteiger partial charge in [-0.3, -0.25) is 0 Å². The number of aryl methyl sites for hydroxylation is 1. The van der Waals surface area contributed by atoms with Gasteiger partial charge in [0, 0.05) is 25.1 Å². The van der Waals surface area contributed by atoms with Crippen LogP contribution in [0.3, 0.4) is 0 Å². The molecule has 2 aromatic rings. The lowest BCUT2D eigenvalue weighted by atomic mass is 10.2. The Morgan fingerprint density at radius 1 is 1.35 bits per heavy atom. The van der Waals surface area contributed by atoms with E-state index in [9.17, 15) is 4.79 Å². The molecule has 1 heterocycles. The Bertz CT molecular complexity index is 561. The Hall–Kier alpha value is -2.30. The molecule has 1 N–H and O–H groups in total. The summed E-state index contributed by atoms with van der Waals surface area (Å²) >= 11 is 0. The van der Waals surface area contributed by atoms with Gasteiger partial charge in [0.1, 0.15) is 5.82 Å². The molecule has 0 saturated carbocycles. The van der Waals surface area contributed by atoms with E-state index in [0.29, 0.717) is 18.7 Å². The van der Waals surface area contributed by atoms with Crippen molar-refractivity contribution in [2.24, 2.45) is 7.05 Å². The molecule has 106 valence electrons. The van der Waals surface area contributed by atoms with Gasteiger partial charge in [-0.2, -0.15) is 0 Å². The minimum Gasteiger partial charge on any atom is -0.462 e. The number of carbonyl (C=O) groups is 1. The normalized spacial score (nSPS) is 10.3. The number of benzene rings is 1. The number of nitrogens with zero attached hydrogens (tertiary/aromatic N) is 2. The summed E-state index contributed by atoms with van der Waals surface area (Å²) < 4.78 is 7.04. The van der Waals surface area contributed by atoms with E-state index in [1.54, 1.807) is 18.3 Å². The van der Waals surface area contributed by atoms with Gasteiger partial charge in [0.15, 0.2) is 0 Å². The van der Waals surface area contributed by atoms with Gasteiger partial charge in [-0.05, 0) is 30.7 Å². The number of aromatic nitrogens is 2. The lowest BCUT2D eigenvalue weighted by molar-refractivity contribution is 0.0505. The Kier molecular flexibility index (Phi) is 4.76. The van der Waals surface area contributed by atoms with Crippen molar-refractivity contribution < 1.29 is 9.53 Å². The fourth-order valence-electron chi connectivity index (χ4n) is 1.75. The predicted molar refractivity (Wildman–Crippen MR) is 77.6 cm³/mol. The van der Waals surface area contributed by atoms with Crippen LogP contribution in [0.1, 0.15) is 29.5 Å². The SMILES string of the molecule is CCCOC(=O)c1ccc(NCc2nccn2C)cc1. The second-order valence-electron chi connectivity index (χ2n) is 4.52. The van der Waals surface area contributed by atoms with Crippen LogP contribution in [0.5, 0.6) is 0 Å². The first-order chi connectivity index (χ1) is 9.70. The number of hydrogen-bond acceptors (Lipinski definition) is 4. The summed E-state index contributed by atoms with van der Waals surface area (Å²) in [6, 6.07) is 7.26. The Balaban J connectivity index is 1.91. The van der Waals surface area contributed by atoms with Crippen molar-refractivity contribution in [3.8, 4) is 0 Å². The van der Waals surface area contributed by atoms with Crippen LogP contribution in [0, 0.1) is 0 Å². The summed E-state index contributed by atoms with van der Waals surface area (Å²) in [6.45, 7) is 3.07. The van der Waals surface area contributed by atoms with Crippen LogP contribution >= 0.6 is 0 Å². The summed E-state index contributed by atoms with van der Waals surface area (Å²) in [7, 11) is 1.96. The first-order valence-corrected chi connectivity index (χ1v) is 6.68. The molecule has 20 heavy (non-hydrogen) atoms. The van der Waals surface area contributed by atoms with Crippen molar-refractivity contribution in [1.82, 2.24) is 9.55 Å². The van der Waals surface area contributed by atoms with Crippen LogP contribution in [-0.2, 0) is 18.3 Å². The molecule has 0 aliphatic heterocycles. The molecular weight excluding hydrogens is 254 g/mol. The van der Waals surface area contributed by atoms with Crippen molar-refractivity contribution in [3.05, 3.63) is 48.0 Å². The van der Waals surface area contributed by atoms with Gasteiger partial charge in [-0.15, -0.1) is 0 Å². The zero-order valence-electron chi connectivity index (χ0n) is 11.8.